The van der Waals surface area contributed by atoms with Crippen molar-refractivity contribution in [3.05, 3.63) is 48.0 Å². The van der Waals surface area contributed by atoms with Crippen LogP contribution in [0.4, 0.5) is 0 Å². The molecule has 0 aliphatic heterocycles. The number of rotatable bonds is 4. The van der Waals surface area contributed by atoms with Crippen LogP contribution in [-0.4, -0.2) is 15.8 Å². The largest absolute Gasteiger partial charge is 0.296 e. The summed E-state index contributed by atoms with van der Waals surface area (Å²) >= 11 is 0. The molecule has 2 aromatic rings. The topological polar surface area (TPSA) is 34.9 Å². The molecule has 0 atom stereocenters. The zero-order valence-electron chi connectivity index (χ0n) is 9.18. The van der Waals surface area contributed by atoms with E-state index in [1.807, 2.05) is 36.6 Å². The zero-order chi connectivity index (χ0) is 11.4. The maximum atomic E-state index is 11.0. The number of carbonyl (C=O) groups excluding carboxylic acids is 1. The van der Waals surface area contributed by atoms with Crippen molar-refractivity contribution in [2.75, 3.05) is 0 Å². The Bertz CT molecular complexity index is 474. The average Bonchev–Trinajstić information content (AvgIpc) is 2.73. The summed E-state index contributed by atoms with van der Waals surface area (Å²) < 4.78 is 1.78. The third kappa shape index (κ3) is 1.89. The Morgan fingerprint density at radius 2 is 2.06 bits per heavy atom. The van der Waals surface area contributed by atoms with Crippen molar-refractivity contribution in [1.29, 1.82) is 0 Å². The molecular formula is C13H13N2O. The van der Waals surface area contributed by atoms with Crippen LogP contribution in [0.2, 0.25) is 0 Å². The standard InChI is InChI=1S/C13H13N2O/c1-2-6-12-13(9-16)15(10-14-12)11-7-4-3-5-8-11/h3-5,7-8,10H,2,6H2,1H3. The Morgan fingerprint density at radius 3 is 2.69 bits per heavy atom. The molecule has 0 spiro atoms. The molecule has 0 fully saturated rings. The van der Waals surface area contributed by atoms with Crippen LogP contribution in [0.5, 0.6) is 0 Å². The molecule has 0 saturated heterocycles. The Kier molecular flexibility index (Phi) is 3.15. The molecule has 1 heterocycles. The van der Waals surface area contributed by atoms with Gasteiger partial charge < -0.3 is 0 Å². The van der Waals surface area contributed by atoms with Gasteiger partial charge >= 0.3 is 0 Å². The fourth-order valence-electron chi connectivity index (χ4n) is 1.70. The molecule has 1 aromatic carbocycles. The summed E-state index contributed by atoms with van der Waals surface area (Å²) in [5, 5.41) is 0. The summed E-state index contributed by atoms with van der Waals surface area (Å²) in [6.07, 6.45) is 5.44. The van der Waals surface area contributed by atoms with Gasteiger partial charge in [-0.2, -0.15) is 0 Å². The van der Waals surface area contributed by atoms with E-state index in [9.17, 15) is 4.79 Å². The molecule has 0 N–H and O–H groups in total. The maximum absolute atomic E-state index is 11.0. The minimum atomic E-state index is 0.535. The molecule has 0 amide bonds. The van der Waals surface area contributed by atoms with Gasteiger partial charge in [-0.1, -0.05) is 31.5 Å². The highest BCUT2D eigenvalue weighted by Gasteiger charge is 2.10. The number of para-hydroxylation sites is 1. The molecular weight excluding hydrogens is 200 g/mol. The smallest absolute Gasteiger partial charge is 0.253 e. The molecule has 2 rings (SSSR count). The predicted molar refractivity (Wildman–Crippen MR) is 62.4 cm³/mol. The summed E-state index contributed by atoms with van der Waals surface area (Å²) in [5.41, 5.74) is 2.30. The summed E-state index contributed by atoms with van der Waals surface area (Å²) in [7, 11) is 0. The molecule has 3 nitrogen and oxygen atoms in total. The van der Waals surface area contributed by atoms with Gasteiger partial charge in [0.2, 0.25) is 0 Å². The first-order valence-electron chi connectivity index (χ1n) is 5.36. The van der Waals surface area contributed by atoms with Gasteiger partial charge in [0.1, 0.15) is 12.0 Å². The lowest BCUT2D eigenvalue weighted by molar-refractivity contribution is 0.560. The van der Waals surface area contributed by atoms with Crippen LogP contribution in [0.3, 0.4) is 0 Å². The highest BCUT2D eigenvalue weighted by atomic mass is 16.1. The van der Waals surface area contributed by atoms with Crippen molar-refractivity contribution < 1.29 is 4.79 Å². The van der Waals surface area contributed by atoms with Crippen LogP contribution in [0, 0.1) is 0 Å². The second kappa shape index (κ2) is 4.75. The van der Waals surface area contributed by atoms with Crippen LogP contribution >= 0.6 is 0 Å². The minimum Gasteiger partial charge on any atom is -0.296 e. The Labute approximate surface area is 94.7 Å². The van der Waals surface area contributed by atoms with Crippen molar-refractivity contribution in [3.8, 4) is 5.69 Å². The molecule has 0 aliphatic rings. The van der Waals surface area contributed by atoms with Crippen molar-refractivity contribution in [3.63, 3.8) is 0 Å². The van der Waals surface area contributed by atoms with E-state index in [2.05, 4.69) is 11.9 Å². The second-order valence-electron chi connectivity index (χ2n) is 3.60. The van der Waals surface area contributed by atoms with Gasteiger partial charge in [-0.15, -0.1) is 0 Å². The monoisotopic (exact) mass is 213 g/mol. The second-order valence-corrected chi connectivity index (χ2v) is 3.60. The molecule has 81 valence electrons. The molecule has 0 unspecified atom stereocenters. The van der Waals surface area contributed by atoms with Crippen molar-refractivity contribution >= 4 is 6.29 Å². The molecule has 3 heteroatoms. The van der Waals surface area contributed by atoms with Gasteiger partial charge in [-0.3, -0.25) is 9.36 Å². The number of hydrogen-bond donors (Lipinski definition) is 0. The van der Waals surface area contributed by atoms with Gasteiger partial charge in [-0.05, 0) is 18.6 Å². The van der Waals surface area contributed by atoms with Gasteiger partial charge in [0, 0.05) is 5.69 Å². The number of aryl methyl sites for hydroxylation is 1. The van der Waals surface area contributed by atoms with Crippen molar-refractivity contribution in [2.45, 2.75) is 19.8 Å². The van der Waals surface area contributed by atoms with E-state index in [0.717, 1.165) is 24.2 Å². The quantitative estimate of drug-likeness (QED) is 0.781. The molecule has 1 aromatic heterocycles. The summed E-state index contributed by atoms with van der Waals surface area (Å²) in [5.74, 6) is 0. The third-order valence-electron chi connectivity index (χ3n) is 2.46. The van der Waals surface area contributed by atoms with E-state index in [0.29, 0.717) is 5.69 Å². The number of nitrogens with zero attached hydrogens (tertiary/aromatic N) is 2. The van der Waals surface area contributed by atoms with E-state index in [-0.39, 0.29) is 0 Å². The highest BCUT2D eigenvalue weighted by Crippen LogP contribution is 2.14. The van der Waals surface area contributed by atoms with E-state index in [1.54, 1.807) is 10.9 Å². The lowest BCUT2D eigenvalue weighted by Gasteiger charge is -2.03. The van der Waals surface area contributed by atoms with Crippen LogP contribution in [-0.2, 0) is 11.2 Å². The Balaban J connectivity index is 2.46. The maximum Gasteiger partial charge on any atom is 0.253 e. The third-order valence-corrected chi connectivity index (χ3v) is 2.46. The molecule has 16 heavy (non-hydrogen) atoms. The molecule has 1 radical (unpaired) electrons. The normalized spacial score (nSPS) is 10.3. The molecule has 0 bridgehead atoms. The highest BCUT2D eigenvalue weighted by molar-refractivity contribution is 5.75. The number of benzene rings is 1. The van der Waals surface area contributed by atoms with Crippen LogP contribution in [0.15, 0.2) is 36.7 Å². The van der Waals surface area contributed by atoms with Gasteiger partial charge in [-0.25, -0.2) is 4.98 Å². The first-order valence-corrected chi connectivity index (χ1v) is 5.36. The van der Waals surface area contributed by atoms with E-state index >= 15 is 0 Å². The number of aromatic nitrogens is 2. The van der Waals surface area contributed by atoms with Gasteiger partial charge in [0.05, 0.1) is 5.69 Å². The summed E-state index contributed by atoms with van der Waals surface area (Å²) in [4.78, 5) is 15.2. The number of hydrogen-bond acceptors (Lipinski definition) is 2. The Morgan fingerprint density at radius 1 is 1.31 bits per heavy atom. The minimum absolute atomic E-state index is 0.535. The fourth-order valence-corrected chi connectivity index (χ4v) is 1.70. The van der Waals surface area contributed by atoms with E-state index < -0.39 is 0 Å². The van der Waals surface area contributed by atoms with E-state index in [4.69, 9.17) is 0 Å². The fraction of sp³-hybridized carbons (Fsp3) is 0.231. The SMILES string of the molecule is CCCc1ncn(-c2ccccc2)c1[C]=O. The average molecular weight is 213 g/mol. The first-order chi connectivity index (χ1) is 7.86. The van der Waals surface area contributed by atoms with Crippen LogP contribution in [0.1, 0.15) is 24.7 Å². The first kappa shape index (κ1) is 10.6. The van der Waals surface area contributed by atoms with Crippen molar-refractivity contribution in [2.24, 2.45) is 0 Å². The molecule has 0 saturated carbocycles. The van der Waals surface area contributed by atoms with Gasteiger partial charge in [0.15, 0.2) is 0 Å². The summed E-state index contributed by atoms with van der Waals surface area (Å²) in [6, 6.07) is 9.70. The van der Waals surface area contributed by atoms with Crippen molar-refractivity contribution in [1.82, 2.24) is 9.55 Å². The lowest BCUT2D eigenvalue weighted by Crippen LogP contribution is -2.00. The van der Waals surface area contributed by atoms with Crippen LogP contribution < -0.4 is 0 Å². The van der Waals surface area contributed by atoms with Crippen LogP contribution in [0.25, 0.3) is 5.69 Å². The Hall–Kier alpha value is -1.90. The molecule has 0 aliphatic carbocycles. The zero-order valence-corrected chi connectivity index (χ0v) is 9.18. The predicted octanol–water partition coefficient (Wildman–Crippen LogP) is 2.28. The van der Waals surface area contributed by atoms with E-state index in [1.165, 1.54) is 0 Å². The summed E-state index contributed by atoms with van der Waals surface area (Å²) in [6.45, 7) is 2.07. The number of imidazole rings is 1. The lowest BCUT2D eigenvalue weighted by atomic mass is 10.2. The van der Waals surface area contributed by atoms with Gasteiger partial charge in [0.25, 0.3) is 6.29 Å².